The Morgan fingerprint density at radius 2 is 0.471 bits per heavy atom. The molecule has 6 bridgehead atoms. The summed E-state index contributed by atoms with van der Waals surface area (Å²) < 4.78 is 0. The molecule has 6 aromatic carbocycles. The van der Waals surface area contributed by atoms with E-state index in [1.807, 2.05) is 0 Å². The monoisotopic (exact) mass is 651 g/mol. The van der Waals surface area contributed by atoms with Gasteiger partial charge in [-0.2, -0.15) is 0 Å². The van der Waals surface area contributed by atoms with E-state index in [0.717, 1.165) is 34.2 Å². The van der Waals surface area contributed by atoms with Gasteiger partial charge in [0.2, 0.25) is 0 Å². The molecule has 3 nitrogen and oxygen atoms in total. The maximum absolute atomic E-state index is 5.58. The zero-order valence-corrected chi connectivity index (χ0v) is 27.9. The summed E-state index contributed by atoms with van der Waals surface area (Å²) in [4.78, 5) is 16.7. The zero-order valence-electron chi connectivity index (χ0n) is 27.9. The molecule has 0 spiro atoms. The lowest BCUT2D eigenvalue weighted by molar-refractivity contribution is 0.777. The van der Waals surface area contributed by atoms with E-state index in [2.05, 4.69) is 182 Å². The first-order valence-corrected chi connectivity index (χ1v) is 17.6. The van der Waals surface area contributed by atoms with Crippen molar-refractivity contribution in [3.8, 4) is 0 Å². The topological polar surface area (TPSA) is 38.7 Å². The van der Waals surface area contributed by atoms with Crippen molar-refractivity contribution >= 4 is 32.3 Å². The molecule has 10 rings (SSSR count). The summed E-state index contributed by atoms with van der Waals surface area (Å²) in [5, 5.41) is 7.23. The first-order valence-electron chi connectivity index (χ1n) is 17.6. The Bertz CT molecular complexity index is 2370. The van der Waals surface area contributed by atoms with Gasteiger partial charge in [-0.25, -0.2) is 0 Å². The molecule has 0 radical (unpaired) electrons. The molecule has 1 aliphatic rings. The van der Waals surface area contributed by atoms with Gasteiger partial charge < -0.3 is 0 Å². The molecule has 0 saturated heterocycles. The second-order valence-corrected chi connectivity index (χ2v) is 13.5. The van der Waals surface area contributed by atoms with Crippen molar-refractivity contribution in [1.82, 2.24) is 15.0 Å². The molecule has 3 heteroatoms. The van der Waals surface area contributed by atoms with Crippen LogP contribution in [0.4, 0.5) is 0 Å². The summed E-state index contributed by atoms with van der Waals surface area (Å²) in [6.45, 7) is 0. The van der Waals surface area contributed by atoms with E-state index in [1.54, 1.807) is 0 Å². The molecular weight excluding hydrogens is 619 g/mol. The lowest BCUT2D eigenvalue weighted by atomic mass is 9.83. The number of aromatic nitrogens is 3. The highest BCUT2D eigenvalue weighted by Gasteiger charge is 2.30. The predicted molar refractivity (Wildman–Crippen MR) is 207 cm³/mol. The van der Waals surface area contributed by atoms with Gasteiger partial charge in [0, 0.05) is 0 Å². The van der Waals surface area contributed by atoms with Gasteiger partial charge in [0.25, 0.3) is 0 Å². The van der Waals surface area contributed by atoms with Gasteiger partial charge >= 0.3 is 0 Å². The molecule has 0 aliphatic carbocycles. The van der Waals surface area contributed by atoms with Gasteiger partial charge in [-0.15, -0.1) is 0 Å². The normalized spacial score (nSPS) is 16.8. The Morgan fingerprint density at radius 1 is 0.235 bits per heavy atom. The summed E-state index contributed by atoms with van der Waals surface area (Å²) >= 11 is 0. The van der Waals surface area contributed by atoms with Crippen LogP contribution in [0.2, 0.25) is 0 Å². The minimum Gasteiger partial charge on any atom is -0.256 e. The number of nitrogens with zero attached hydrogens (tertiary/aromatic N) is 3. The lowest BCUT2D eigenvalue weighted by Gasteiger charge is -2.26. The molecule has 0 unspecified atom stereocenters. The average molecular weight is 652 g/mol. The summed E-state index contributed by atoms with van der Waals surface area (Å²) in [6, 6.07) is 65.2. The van der Waals surface area contributed by atoms with E-state index in [0.29, 0.717) is 0 Å². The van der Waals surface area contributed by atoms with E-state index in [1.165, 1.54) is 49.0 Å². The zero-order chi connectivity index (χ0) is 33.7. The van der Waals surface area contributed by atoms with Crippen molar-refractivity contribution in [3.63, 3.8) is 0 Å². The van der Waals surface area contributed by atoms with Crippen molar-refractivity contribution in [3.05, 3.63) is 233 Å². The molecule has 0 saturated carbocycles. The number of hydrogen-bond donors (Lipinski definition) is 0. The highest BCUT2D eigenvalue weighted by molar-refractivity contribution is 5.89. The molecular formula is C48H33N3. The minimum absolute atomic E-state index is 0.192. The first kappa shape index (κ1) is 29.5. The summed E-state index contributed by atoms with van der Waals surface area (Å²) in [5.74, 6) is -0.575. The predicted octanol–water partition coefficient (Wildman–Crippen LogP) is 11.2. The summed E-state index contributed by atoms with van der Waals surface area (Å²) in [5.41, 5.74) is 9.40. The van der Waals surface area contributed by atoms with Crippen molar-refractivity contribution in [2.24, 2.45) is 0 Å². The van der Waals surface area contributed by atoms with Crippen molar-refractivity contribution in [2.45, 2.75) is 17.8 Å². The van der Waals surface area contributed by atoms with Crippen molar-refractivity contribution < 1.29 is 0 Å². The Labute approximate surface area is 297 Å². The second-order valence-electron chi connectivity index (χ2n) is 13.5. The number of fused-ring (bicyclic) bond motifs is 9. The highest BCUT2D eigenvalue weighted by atomic mass is 14.8. The van der Waals surface area contributed by atoms with Crippen molar-refractivity contribution in [2.75, 3.05) is 0 Å². The number of benzene rings is 6. The fourth-order valence-corrected chi connectivity index (χ4v) is 8.29. The Hall–Kier alpha value is -6.45. The third-order valence-corrected chi connectivity index (χ3v) is 10.6. The fraction of sp³-hybridized carbons (Fsp3) is 0.0625. The Morgan fingerprint density at radius 3 is 0.765 bits per heavy atom. The maximum atomic E-state index is 5.58. The van der Waals surface area contributed by atoms with Gasteiger partial charge in [0.15, 0.2) is 0 Å². The molecule has 0 atom stereocenters. The third kappa shape index (κ3) is 5.01. The number of rotatable bonds is 3. The van der Waals surface area contributed by atoms with Gasteiger partial charge in [-0.3, -0.25) is 15.0 Å². The maximum Gasteiger partial charge on any atom is 0.0692 e. The molecule has 1 aliphatic heterocycles. The van der Waals surface area contributed by atoms with Crippen LogP contribution in [0, 0.1) is 0 Å². The molecule has 4 heterocycles. The Kier molecular flexibility index (Phi) is 7.02. The van der Waals surface area contributed by atoms with Gasteiger partial charge in [-0.05, 0) is 85.4 Å². The van der Waals surface area contributed by atoms with E-state index in [4.69, 9.17) is 15.0 Å². The molecule has 3 aromatic heterocycles. The number of hydrogen-bond acceptors (Lipinski definition) is 3. The Balaban J connectivity index is 1.32. The molecule has 0 amide bonds. The van der Waals surface area contributed by atoms with Gasteiger partial charge in [0.1, 0.15) is 0 Å². The van der Waals surface area contributed by atoms with Gasteiger partial charge in [-0.1, -0.05) is 146 Å². The highest BCUT2D eigenvalue weighted by Crippen LogP contribution is 2.42. The molecule has 0 N–H and O–H groups in total. The second kappa shape index (κ2) is 12.2. The van der Waals surface area contributed by atoms with E-state index in [9.17, 15) is 0 Å². The minimum atomic E-state index is -0.192. The van der Waals surface area contributed by atoms with Crippen LogP contribution in [0.1, 0.15) is 68.6 Å². The SMILES string of the molecule is c1cc2nc(c1)C(c1cccc3ccccc13)c1cccc(n1)C(c1cccc3ccccc13)c1cccc(n1)C2c1cccc2ccccc12. The van der Waals surface area contributed by atoms with Crippen LogP contribution in [-0.2, 0) is 0 Å². The lowest BCUT2D eigenvalue weighted by Crippen LogP contribution is -2.17. The smallest absolute Gasteiger partial charge is 0.0692 e. The van der Waals surface area contributed by atoms with Crippen LogP contribution in [0.15, 0.2) is 182 Å². The summed E-state index contributed by atoms with van der Waals surface area (Å²) in [7, 11) is 0. The molecule has 51 heavy (non-hydrogen) atoms. The standard InChI is InChI=1S/C48H33N3/c1-4-19-34-31(13-1)16-7-22-37(34)46-40-25-10-27-42(49-40)47(38-23-8-17-32-14-2-5-20-35(32)38)44-29-12-30-45(51-44)48(43-28-11-26-41(46)50-43)39-24-9-18-33-15-3-6-21-36(33)39/h1-30,46-48H. The van der Waals surface area contributed by atoms with Crippen LogP contribution >= 0.6 is 0 Å². The average Bonchev–Trinajstić information content (AvgIpc) is 3.19. The van der Waals surface area contributed by atoms with E-state index < -0.39 is 0 Å². The van der Waals surface area contributed by atoms with Crippen LogP contribution in [0.25, 0.3) is 32.3 Å². The summed E-state index contributed by atoms with van der Waals surface area (Å²) in [6.07, 6.45) is 0. The van der Waals surface area contributed by atoms with Crippen molar-refractivity contribution in [1.29, 1.82) is 0 Å². The molecule has 240 valence electrons. The molecule has 0 fully saturated rings. The molecule has 9 aromatic rings. The van der Waals surface area contributed by atoms with Crippen LogP contribution < -0.4 is 0 Å². The van der Waals surface area contributed by atoms with E-state index >= 15 is 0 Å². The third-order valence-electron chi connectivity index (χ3n) is 10.6. The van der Waals surface area contributed by atoms with Crippen LogP contribution in [0.3, 0.4) is 0 Å². The van der Waals surface area contributed by atoms with Crippen LogP contribution in [0.5, 0.6) is 0 Å². The van der Waals surface area contributed by atoms with E-state index in [-0.39, 0.29) is 17.8 Å². The number of pyridine rings is 3. The van der Waals surface area contributed by atoms with Crippen LogP contribution in [-0.4, -0.2) is 15.0 Å². The van der Waals surface area contributed by atoms with Gasteiger partial charge in [0.05, 0.1) is 51.9 Å². The quantitative estimate of drug-likeness (QED) is 0.191. The first-order chi connectivity index (χ1) is 25.3. The largest absolute Gasteiger partial charge is 0.256 e. The fourth-order valence-electron chi connectivity index (χ4n) is 8.29.